The molecule has 0 saturated heterocycles. The minimum Gasteiger partial charge on any atom is -0.494 e. The van der Waals surface area contributed by atoms with Crippen molar-refractivity contribution in [2.75, 3.05) is 13.2 Å². The molecular weight excluding hydrogens is 324 g/mol. The highest BCUT2D eigenvalue weighted by Gasteiger charge is 2.07. The first-order valence-electron chi connectivity index (χ1n) is 7.92. The van der Waals surface area contributed by atoms with Crippen LogP contribution in [0.3, 0.4) is 0 Å². The minimum absolute atomic E-state index is 0. The molecule has 24 heavy (non-hydrogen) atoms. The molecule has 0 aliphatic carbocycles. The standard InChI is InChI=1S/C19H24N2O2.ClH/c1-15-7-5-10-17(13-15)23-12-6-11-19(22)21-14-18(20)16-8-3-2-4-9-16;/h2-5,7-10,13,18H,6,11-12,14,20H2,1H3,(H,21,22);1H. The molecule has 0 aliphatic heterocycles. The highest BCUT2D eigenvalue weighted by atomic mass is 35.5. The molecule has 1 unspecified atom stereocenters. The molecule has 1 atom stereocenters. The zero-order valence-corrected chi connectivity index (χ0v) is 14.7. The van der Waals surface area contributed by atoms with Gasteiger partial charge in [0.15, 0.2) is 0 Å². The number of nitrogens with two attached hydrogens (primary N) is 1. The van der Waals surface area contributed by atoms with Gasteiger partial charge in [-0.15, -0.1) is 12.4 Å². The molecule has 130 valence electrons. The Morgan fingerprint density at radius 3 is 2.62 bits per heavy atom. The number of hydrogen-bond donors (Lipinski definition) is 2. The summed E-state index contributed by atoms with van der Waals surface area (Å²) >= 11 is 0. The molecule has 0 radical (unpaired) electrons. The van der Waals surface area contributed by atoms with Crippen molar-refractivity contribution in [3.8, 4) is 5.75 Å². The lowest BCUT2D eigenvalue weighted by atomic mass is 10.1. The second-order valence-electron chi connectivity index (χ2n) is 5.59. The van der Waals surface area contributed by atoms with Gasteiger partial charge in [-0.2, -0.15) is 0 Å². The molecule has 0 saturated carbocycles. The minimum atomic E-state index is -0.177. The maximum atomic E-state index is 11.8. The van der Waals surface area contributed by atoms with E-state index in [2.05, 4.69) is 5.32 Å². The van der Waals surface area contributed by atoms with Crippen LogP contribution in [0, 0.1) is 6.92 Å². The monoisotopic (exact) mass is 348 g/mol. The summed E-state index contributed by atoms with van der Waals surface area (Å²) in [5, 5.41) is 2.87. The van der Waals surface area contributed by atoms with E-state index >= 15 is 0 Å². The SMILES string of the molecule is Cc1cccc(OCCCC(=O)NCC(N)c2ccccc2)c1.Cl. The molecule has 3 N–H and O–H groups in total. The number of hydrogen-bond acceptors (Lipinski definition) is 3. The molecule has 2 aromatic carbocycles. The Bertz CT molecular complexity index is 620. The Labute approximate surface area is 149 Å². The third-order valence-corrected chi connectivity index (χ3v) is 3.55. The van der Waals surface area contributed by atoms with Gasteiger partial charge in [-0.3, -0.25) is 4.79 Å². The van der Waals surface area contributed by atoms with E-state index < -0.39 is 0 Å². The smallest absolute Gasteiger partial charge is 0.220 e. The number of amides is 1. The lowest BCUT2D eigenvalue weighted by molar-refractivity contribution is -0.121. The Morgan fingerprint density at radius 1 is 1.17 bits per heavy atom. The predicted octanol–water partition coefficient (Wildman–Crippen LogP) is 3.39. The first-order chi connectivity index (χ1) is 11.1. The van der Waals surface area contributed by atoms with Crippen LogP contribution in [-0.4, -0.2) is 19.1 Å². The van der Waals surface area contributed by atoms with Crippen molar-refractivity contribution in [1.29, 1.82) is 0 Å². The summed E-state index contributed by atoms with van der Waals surface area (Å²) in [5.74, 6) is 0.848. The summed E-state index contributed by atoms with van der Waals surface area (Å²) < 4.78 is 5.63. The lowest BCUT2D eigenvalue weighted by Gasteiger charge is -2.13. The van der Waals surface area contributed by atoms with Crippen molar-refractivity contribution >= 4 is 18.3 Å². The summed E-state index contributed by atoms with van der Waals surface area (Å²) in [6.45, 7) is 3.00. The number of carbonyl (C=O) groups excluding carboxylic acids is 1. The maximum Gasteiger partial charge on any atom is 0.220 e. The van der Waals surface area contributed by atoms with Gasteiger partial charge in [-0.1, -0.05) is 42.5 Å². The van der Waals surface area contributed by atoms with Crippen LogP contribution in [-0.2, 0) is 4.79 Å². The van der Waals surface area contributed by atoms with Gasteiger partial charge in [0.2, 0.25) is 5.91 Å². The topological polar surface area (TPSA) is 64.3 Å². The Hall–Kier alpha value is -2.04. The average molecular weight is 349 g/mol. The number of aryl methyl sites for hydroxylation is 1. The molecule has 5 heteroatoms. The van der Waals surface area contributed by atoms with Crippen LogP contribution in [0.15, 0.2) is 54.6 Å². The largest absolute Gasteiger partial charge is 0.494 e. The zero-order valence-electron chi connectivity index (χ0n) is 13.9. The van der Waals surface area contributed by atoms with Crippen LogP contribution in [0.4, 0.5) is 0 Å². The van der Waals surface area contributed by atoms with Gasteiger partial charge >= 0.3 is 0 Å². The van der Waals surface area contributed by atoms with Crippen molar-refractivity contribution in [1.82, 2.24) is 5.32 Å². The van der Waals surface area contributed by atoms with Gasteiger partial charge in [0.1, 0.15) is 5.75 Å². The molecular formula is C19H25ClN2O2. The van der Waals surface area contributed by atoms with Gasteiger partial charge in [0.05, 0.1) is 6.61 Å². The molecule has 2 rings (SSSR count). The summed E-state index contributed by atoms with van der Waals surface area (Å²) in [6, 6.07) is 17.5. The van der Waals surface area contributed by atoms with E-state index in [-0.39, 0.29) is 24.4 Å². The van der Waals surface area contributed by atoms with Crippen molar-refractivity contribution in [3.63, 3.8) is 0 Å². The van der Waals surface area contributed by atoms with Crippen LogP contribution in [0.5, 0.6) is 5.75 Å². The average Bonchev–Trinajstić information content (AvgIpc) is 2.57. The molecule has 0 spiro atoms. The first-order valence-corrected chi connectivity index (χ1v) is 7.92. The van der Waals surface area contributed by atoms with E-state index in [1.165, 1.54) is 0 Å². The summed E-state index contributed by atoms with van der Waals surface area (Å²) in [6.07, 6.45) is 1.12. The molecule has 2 aromatic rings. The van der Waals surface area contributed by atoms with Crippen LogP contribution in [0.25, 0.3) is 0 Å². The molecule has 0 fully saturated rings. The van der Waals surface area contributed by atoms with Gasteiger partial charge in [0, 0.05) is 19.0 Å². The zero-order chi connectivity index (χ0) is 16.5. The quantitative estimate of drug-likeness (QED) is 0.719. The Kier molecular flexibility index (Phi) is 8.90. The van der Waals surface area contributed by atoms with Crippen molar-refractivity contribution in [3.05, 3.63) is 65.7 Å². The van der Waals surface area contributed by atoms with Crippen LogP contribution in [0.1, 0.15) is 30.0 Å². The van der Waals surface area contributed by atoms with Crippen LogP contribution in [0.2, 0.25) is 0 Å². The molecule has 1 amide bonds. The van der Waals surface area contributed by atoms with E-state index in [1.54, 1.807) is 0 Å². The fourth-order valence-corrected chi connectivity index (χ4v) is 2.26. The number of halogens is 1. The highest BCUT2D eigenvalue weighted by molar-refractivity contribution is 5.85. The summed E-state index contributed by atoms with van der Waals surface area (Å²) in [7, 11) is 0. The van der Waals surface area contributed by atoms with E-state index in [9.17, 15) is 4.79 Å². The van der Waals surface area contributed by atoms with Crippen molar-refractivity contribution in [2.24, 2.45) is 5.73 Å². The summed E-state index contributed by atoms with van der Waals surface area (Å²) in [5.41, 5.74) is 8.23. The van der Waals surface area contributed by atoms with Gasteiger partial charge < -0.3 is 15.8 Å². The Morgan fingerprint density at radius 2 is 1.92 bits per heavy atom. The molecule has 0 aliphatic rings. The van der Waals surface area contributed by atoms with Crippen molar-refractivity contribution in [2.45, 2.75) is 25.8 Å². The highest BCUT2D eigenvalue weighted by Crippen LogP contribution is 2.12. The lowest BCUT2D eigenvalue weighted by Crippen LogP contribution is -2.31. The fraction of sp³-hybridized carbons (Fsp3) is 0.316. The second kappa shape index (κ2) is 10.7. The molecule has 4 nitrogen and oxygen atoms in total. The first kappa shape index (κ1) is 20.0. The molecule has 0 aromatic heterocycles. The third kappa shape index (κ3) is 7.02. The van der Waals surface area contributed by atoms with E-state index in [1.807, 2.05) is 61.5 Å². The van der Waals surface area contributed by atoms with Crippen molar-refractivity contribution < 1.29 is 9.53 Å². The maximum absolute atomic E-state index is 11.8. The molecule has 0 bridgehead atoms. The fourth-order valence-electron chi connectivity index (χ4n) is 2.26. The molecule has 0 heterocycles. The predicted molar refractivity (Wildman–Crippen MR) is 99.5 cm³/mol. The second-order valence-corrected chi connectivity index (χ2v) is 5.59. The normalized spacial score (nSPS) is 11.2. The number of rotatable bonds is 8. The van der Waals surface area contributed by atoms with Crippen LogP contribution < -0.4 is 15.8 Å². The van der Waals surface area contributed by atoms with Gasteiger partial charge in [-0.25, -0.2) is 0 Å². The Balaban J connectivity index is 0.00000288. The third-order valence-electron chi connectivity index (χ3n) is 3.55. The number of ether oxygens (including phenoxy) is 1. The number of benzene rings is 2. The van der Waals surface area contributed by atoms with E-state index in [0.29, 0.717) is 26.0 Å². The summed E-state index contributed by atoms with van der Waals surface area (Å²) in [4.78, 5) is 11.8. The van der Waals surface area contributed by atoms with Gasteiger partial charge in [-0.05, 0) is 36.6 Å². The van der Waals surface area contributed by atoms with Gasteiger partial charge in [0.25, 0.3) is 0 Å². The van der Waals surface area contributed by atoms with E-state index in [0.717, 1.165) is 16.9 Å². The number of carbonyl (C=O) groups is 1. The van der Waals surface area contributed by atoms with Crippen LogP contribution >= 0.6 is 12.4 Å². The van der Waals surface area contributed by atoms with E-state index in [4.69, 9.17) is 10.5 Å². The number of nitrogens with one attached hydrogen (secondary N) is 1.